The zero-order valence-electron chi connectivity index (χ0n) is 16.7. The van der Waals surface area contributed by atoms with Crippen LogP contribution in [0.5, 0.6) is 11.5 Å². The van der Waals surface area contributed by atoms with Gasteiger partial charge in [0.2, 0.25) is 0 Å². The highest BCUT2D eigenvalue weighted by molar-refractivity contribution is 7.10. The quantitative estimate of drug-likeness (QED) is 0.269. The molecule has 164 valence electrons. The van der Waals surface area contributed by atoms with E-state index in [4.69, 9.17) is 27.9 Å². The van der Waals surface area contributed by atoms with Gasteiger partial charge in [0.15, 0.2) is 0 Å². The summed E-state index contributed by atoms with van der Waals surface area (Å²) in [5, 5.41) is 24.0. The molecule has 1 saturated heterocycles. The fourth-order valence-electron chi connectivity index (χ4n) is 3.56. The number of phenols is 1. The molecule has 2 heterocycles. The van der Waals surface area contributed by atoms with Gasteiger partial charge >= 0.3 is 0 Å². The largest absolute Gasteiger partial charge is 0.507 e. The molecule has 0 saturated carbocycles. The number of anilines is 1. The zero-order valence-corrected chi connectivity index (χ0v) is 19.0. The van der Waals surface area contributed by atoms with Crippen LogP contribution in [0, 0.1) is 0 Å². The van der Waals surface area contributed by atoms with Crippen LogP contribution in [0.15, 0.2) is 59.5 Å². The number of amides is 1. The number of aromatic hydroxyl groups is 1. The van der Waals surface area contributed by atoms with Crippen LogP contribution in [0.4, 0.5) is 5.69 Å². The molecule has 2 N–H and O–H groups in total. The van der Waals surface area contributed by atoms with E-state index in [1.54, 1.807) is 30.5 Å². The first kappa shape index (κ1) is 22.2. The van der Waals surface area contributed by atoms with E-state index in [9.17, 15) is 19.8 Å². The maximum Gasteiger partial charge on any atom is 0.300 e. The monoisotopic (exact) mass is 489 g/mol. The van der Waals surface area contributed by atoms with E-state index in [2.05, 4.69) is 0 Å². The lowest BCUT2D eigenvalue weighted by molar-refractivity contribution is -0.132. The van der Waals surface area contributed by atoms with Crippen molar-refractivity contribution in [3.63, 3.8) is 0 Å². The average molecular weight is 490 g/mol. The smallest absolute Gasteiger partial charge is 0.300 e. The molecular formula is C23H17Cl2NO5S. The Labute approximate surface area is 197 Å². The molecule has 1 aliphatic heterocycles. The first-order chi connectivity index (χ1) is 15.3. The van der Waals surface area contributed by atoms with Crippen LogP contribution in [-0.4, -0.2) is 28.5 Å². The Bertz CT molecular complexity index is 1240. The highest BCUT2D eigenvalue weighted by Crippen LogP contribution is 2.46. The number of hydrogen-bond donors (Lipinski definition) is 2. The second kappa shape index (κ2) is 8.86. The number of thiophene rings is 1. The van der Waals surface area contributed by atoms with Gasteiger partial charge in [-0.25, -0.2) is 0 Å². The number of carbonyl (C=O) groups is 2. The number of nitrogens with zero attached hydrogens (tertiary/aromatic N) is 1. The Balaban J connectivity index is 1.93. The third kappa shape index (κ3) is 3.83. The standard InChI is InChI=1S/C23H17Cl2NO5S/c1-2-31-17-10-12(5-7-14(17)25)21(28)19-20(18-4-3-9-32-18)26(23(30)22(19)29)15-11-13(24)6-8-16(15)27/h3-11,20,27-28H,2H2,1H3/b21-19-. The number of aliphatic hydroxyl groups excluding tert-OH is 1. The van der Waals surface area contributed by atoms with E-state index in [1.807, 2.05) is 0 Å². The number of phenolic OH excluding ortho intramolecular Hbond substituents is 1. The summed E-state index contributed by atoms with van der Waals surface area (Å²) in [4.78, 5) is 28.0. The molecule has 0 spiro atoms. The van der Waals surface area contributed by atoms with E-state index >= 15 is 0 Å². The van der Waals surface area contributed by atoms with E-state index in [1.165, 1.54) is 41.7 Å². The minimum absolute atomic E-state index is 0.0724. The van der Waals surface area contributed by atoms with Gasteiger partial charge in [-0.05, 0) is 54.8 Å². The summed E-state index contributed by atoms with van der Waals surface area (Å²) >= 11 is 13.5. The summed E-state index contributed by atoms with van der Waals surface area (Å²) in [5.74, 6) is -2.02. The molecule has 1 fully saturated rings. The topological polar surface area (TPSA) is 87.1 Å². The lowest BCUT2D eigenvalue weighted by Crippen LogP contribution is -2.29. The number of carbonyl (C=O) groups excluding carboxylic acids is 2. The number of ether oxygens (including phenoxy) is 1. The van der Waals surface area contributed by atoms with Gasteiger partial charge in [0.1, 0.15) is 23.3 Å². The van der Waals surface area contributed by atoms with E-state index < -0.39 is 17.7 Å². The second-order valence-corrected chi connectivity index (χ2v) is 8.72. The fraction of sp³-hybridized carbons (Fsp3) is 0.130. The fourth-order valence-corrected chi connectivity index (χ4v) is 4.72. The first-order valence-electron chi connectivity index (χ1n) is 9.59. The van der Waals surface area contributed by atoms with Crippen LogP contribution in [0.3, 0.4) is 0 Å². The summed E-state index contributed by atoms with van der Waals surface area (Å²) in [6.07, 6.45) is 0. The molecule has 4 rings (SSSR count). The van der Waals surface area contributed by atoms with E-state index in [0.29, 0.717) is 22.3 Å². The highest BCUT2D eigenvalue weighted by atomic mass is 35.5. The van der Waals surface area contributed by atoms with Crippen LogP contribution in [-0.2, 0) is 9.59 Å². The van der Waals surface area contributed by atoms with Crippen molar-refractivity contribution in [2.24, 2.45) is 0 Å². The molecule has 1 atom stereocenters. The van der Waals surface area contributed by atoms with Crippen LogP contribution in [0.25, 0.3) is 5.76 Å². The van der Waals surface area contributed by atoms with E-state index in [0.717, 1.165) is 4.90 Å². The molecular weight excluding hydrogens is 473 g/mol. The van der Waals surface area contributed by atoms with E-state index in [-0.39, 0.29) is 33.4 Å². The SMILES string of the molecule is CCOc1cc(/C(O)=C2/C(=O)C(=O)N(c3cc(Cl)ccc3O)C2c2cccs2)ccc1Cl. The van der Waals surface area contributed by atoms with Gasteiger partial charge in [-0.3, -0.25) is 14.5 Å². The Morgan fingerprint density at radius 2 is 1.94 bits per heavy atom. The highest BCUT2D eigenvalue weighted by Gasteiger charge is 2.48. The molecule has 1 aliphatic rings. The molecule has 0 radical (unpaired) electrons. The maximum absolute atomic E-state index is 13.1. The number of ketones is 1. The maximum atomic E-state index is 13.1. The molecule has 0 aliphatic carbocycles. The third-order valence-corrected chi connectivity index (χ3v) is 6.43. The van der Waals surface area contributed by atoms with Crippen molar-refractivity contribution in [2.45, 2.75) is 13.0 Å². The Hall–Kier alpha value is -3.00. The van der Waals surface area contributed by atoms with Gasteiger partial charge in [-0.2, -0.15) is 0 Å². The van der Waals surface area contributed by atoms with Crippen molar-refractivity contribution in [1.29, 1.82) is 0 Å². The number of hydrogen-bond acceptors (Lipinski definition) is 6. The summed E-state index contributed by atoms with van der Waals surface area (Å²) in [5.41, 5.74) is 0.234. The normalized spacial score (nSPS) is 17.7. The molecule has 1 unspecified atom stereocenters. The van der Waals surface area contributed by atoms with Gasteiger partial charge < -0.3 is 14.9 Å². The molecule has 2 aromatic carbocycles. The minimum Gasteiger partial charge on any atom is -0.507 e. The third-order valence-electron chi connectivity index (χ3n) is 4.96. The average Bonchev–Trinajstić information content (AvgIpc) is 3.38. The van der Waals surface area contributed by atoms with Gasteiger partial charge in [-0.1, -0.05) is 29.3 Å². The number of benzene rings is 2. The lowest BCUT2D eigenvalue weighted by atomic mass is 9.99. The van der Waals surface area contributed by atoms with Crippen LogP contribution in [0.2, 0.25) is 10.0 Å². The van der Waals surface area contributed by atoms with Crippen molar-refractivity contribution in [3.8, 4) is 11.5 Å². The molecule has 1 amide bonds. The molecule has 9 heteroatoms. The molecule has 1 aromatic heterocycles. The van der Waals surface area contributed by atoms with Crippen molar-refractivity contribution in [3.05, 3.63) is 80.0 Å². The number of aliphatic hydroxyl groups is 1. The summed E-state index contributed by atoms with van der Waals surface area (Å²) in [6, 6.07) is 11.4. The van der Waals surface area contributed by atoms with Gasteiger partial charge in [-0.15, -0.1) is 11.3 Å². The number of Topliss-reactive ketones (excluding diaryl/α,β-unsaturated/α-hetero) is 1. The van der Waals surface area contributed by atoms with Crippen molar-refractivity contribution >= 4 is 57.7 Å². The Kier molecular flexibility index (Phi) is 6.15. The van der Waals surface area contributed by atoms with Crippen LogP contribution < -0.4 is 9.64 Å². The van der Waals surface area contributed by atoms with Gasteiger partial charge in [0.05, 0.1) is 22.9 Å². The second-order valence-electron chi connectivity index (χ2n) is 6.90. The van der Waals surface area contributed by atoms with Gasteiger partial charge in [0.25, 0.3) is 11.7 Å². The summed E-state index contributed by atoms with van der Waals surface area (Å²) in [7, 11) is 0. The Morgan fingerprint density at radius 1 is 1.16 bits per heavy atom. The van der Waals surface area contributed by atoms with Crippen LogP contribution >= 0.6 is 34.5 Å². The number of halogens is 2. The summed E-state index contributed by atoms with van der Waals surface area (Å²) in [6.45, 7) is 2.15. The molecule has 3 aromatic rings. The Morgan fingerprint density at radius 3 is 2.62 bits per heavy atom. The van der Waals surface area contributed by atoms with Gasteiger partial charge in [0, 0.05) is 15.5 Å². The first-order valence-corrected chi connectivity index (χ1v) is 11.2. The van der Waals surface area contributed by atoms with Crippen LogP contribution in [0.1, 0.15) is 23.4 Å². The minimum atomic E-state index is -0.953. The predicted molar refractivity (Wildman–Crippen MR) is 125 cm³/mol. The number of rotatable bonds is 5. The van der Waals surface area contributed by atoms with Crippen molar-refractivity contribution in [1.82, 2.24) is 0 Å². The molecule has 0 bridgehead atoms. The molecule has 32 heavy (non-hydrogen) atoms. The molecule has 6 nitrogen and oxygen atoms in total. The predicted octanol–water partition coefficient (Wildman–Crippen LogP) is 5.79. The van der Waals surface area contributed by atoms with Crippen molar-refractivity contribution < 1.29 is 24.5 Å². The lowest BCUT2D eigenvalue weighted by Gasteiger charge is -2.25. The zero-order chi connectivity index (χ0) is 23.0. The summed E-state index contributed by atoms with van der Waals surface area (Å²) < 4.78 is 5.48. The van der Waals surface area contributed by atoms with Crippen molar-refractivity contribution in [2.75, 3.05) is 11.5 Å².